The SMILES string of the molecule is CC1C=C2CSC(=NC(=S)NN(C)C(C)c3ccc(-c4ncn(-c5ccc(OC(F)(F)F)cc5)n4)cc3)N2c2cc(Cl)ccc21. The maximum Gasteiger partial charge on any atom is 0.573 e. The smallest absolute Gasteiger partial charge is 0.406 e. The molecule has 0 saturated carbocycles. The minimum absolute atomic E-state index is 0.0535. The summed E-state index contributed by atoms with van der Waals surface area (Å²) in [6.07, 6.45) is -0.984. The minimum Gasteiger partial charge on any atom is -0.406 e. The molecule has 1 saturated heterocycles. The van der Waals surface area contributed by atoms with Crippen LogP contribution in [-0.2, 0) is 0 Å². The van der Waals surface area contributed by atoms with Crippen molar-refractivity contribution in [1.29, 1.82) is 0 Å². The summed E-state index contributed by atoms with van der Waals surface area (Å²) < 4.78 is 42.8. The zero-order valence-electron chi connectivity index (χ0n) is 24.3. The van der Waals surface area contributed by atoms with E-state index in [0.29, 0.717) is 27.6 Å². The average molecular weight is 670 g/mol. The average Bonchev–Trinajstić information content (AvgIpc) is 3.64. The Bertz CT molecular complexity index is 1790. The summed E-state index contributed by atoms with van der Waals surface area (Å²) in [5.41, 5.74) is 9.00. The van der Waals surface area contributed by atoms with E-state index in [9.17, 15) is 13.2 Å². The Labute approximate surface area is 272 Å². The fraction of sp³-hybridized carbons (Fsp3) is 0.226. The Balaban J connectivity index is 1.10. The molecule has 0 amide bonds. The standard InChI is InChI=1S/C31H27ClF3N7OS2/c1-18-14-24-16-45-30(42(24)27-15-22(32)8-13-26(18)27)37-29(44)39-40(3)19(2)20-4-6-21(7-5-20)28-36-17-41(38-28)23-9-11-25(12-10-23)43-31(33,34)35/h4-15,17-19H,16H2,1-3H3,(H,39,44). The van der Waals surface area contributed by atoms with E-state index < -0.39 is 6.36 Å². The number of hydrazine groups is 1. The summed E-state index contributed by atoms with van der Waals surface area (Å²) in [6, 6.07) is 19.1. The Morgan fingerprint density at radius 1 is 1.16 bits per heavy atom. The first-order valence-electron chi connectivity index (χ1n) is 13.9. The van der Waals surface area contributed by atoms with Gasteiger partial charge in [0.2, 0.25) is 5.11 Å². The van der Waals surface area contributed by atoms with Crippen LogP contribution < -0.4 is 15.1 Å². The van der Waals surface area contributed by atoms with Crippen LogP contribution in [0.3, 0.4) is 0 Å². The number of anilines is 1. The Morgan fingerprint density at radius 2 is 1.89 bits per heavy atom. The maximum absolute atomic E-state index is 12.4. The zero-order valence-corrected chi connectivity index (χ0v) is 26.7. The predicted octanol–water partition coefficient (Wildman–Crippen LogP) is 7.88. The molecule has 2 aliphatic rings. The molecule has 0 aliphatic carbocycles. The van der Waals surface area contributed by atoms with Gasteiger partial charge >= 0.3 is 6.36 Å². The molecule has 0 spiro atoms. The van der Waals surface area contributed by atoms with Gasteiger partial charge in [-0.25, -0.2) is 14.7 Å². The lowest BCUT2D eigenvalue weighted by Gasteiger charge is -2.30. The molecule has 8 nitrogen and oxygen atoms in total. The lowest BCUT2D eigenvalue weighted by molar-refractivity contribution is -0.274. The summed E-state index contributed by atoms with van der Waals surface area (Å²) in [4.78, 5) is 11.3. The highest BCUT2D eigenvalue weighted by Crippen LogP contribution is 2.43. The molecule has 6 rings (SSSR count). The highest BCUT2D eigenvalue weighted by molar-refractivity contribution is 8.14. The normalized spacial score (nSPS) is 17.6. The van der Waals surface area contributed by atoms with Gasteiger partial charge in [0.1, 0.15) is 12.1 Å². The molecular weight excluding hydrogens is 643 g/mol. The maximum atomic E-state index is 12.4. The van der Waals surface area contributed by atoms with Crippen LogP contribution in [0, 0.1) is 0 Å². The van der Waals surface area contributed by atoms with E-state index in [2.05, 4.69) is 44.2 Å². The number of allylic oxidation sites excluding steroid dienone is 1. The summed E-state index contributed by atoms with van der Waals surface area (Å²) >= 11 is 13.6. The van der Waals surface area contributed by atoms with Crippen LogP contribution in [-0.4, -0.2) is 49.2 Å². The number of ether oxygens (including phenoxy) is 1. The van der Waals surface area contributed by atoms with Crippen molar-refractivity contribution < 1.29 is 17.9 Å². The summed E-state index contributed by atoms with van der Waals surface area (Å²) in [5.74, 6) is 1.28. The molecule has 1 aromatic heterocycles. The third-order valence-electron chi connectivity index (χ3n) is 7.52. The number of fused-ring (bicyclic) bond motifs is 3. The number of halogens is 4. The van der Waals surface area contributed by atoms with Crippen molar-refractivity contribution in [3.8, 4) is 22.8 Å². The molecule has 1 fully saturated rings. The Kier molecular flexibility index (Phi) is 8.61. The van der Waals surface area contributed by atoms with Crippen molar-refractivity contribution in [2.24, 2.45) is 4.99 Å². The van der Waals surface area contributed by atoms with Gasteiger partial charge in [0.05, 0.1) is 17.4 Å². The second kappa shape index (κ2) is 12.5. The second-order valence-electron chi connectivity index (χ2n) is 10.5. The summed E-state index contributed by atoms with van der Waals surface area (Å²) in [6.45, 7) is 4.23. The number of rotatable bonds is 6. The van der Waals surface area contributed by atoms with E-state index in [-0.39, 0.29) is 11.8 Å². The van der Waals surface area contributed by atoms with Crippen LogP contribution in [0.5, 0.6) is 5.75 Å². The molecule has 3 heterocycles. The van der Waals surface area contributed by atoms with Crippen molar-refractivity contribution in [3.05, 3.63) is 101 Å². The quantitative estimate of drug-likeness (QED) is 0.164. The van der Waals surface area contributed by atoms with E-state index in [0.717, 1.165) is 27.7 Å². The third kappa shape index (κ3) is 6.86. The topological polar surface area (TPSA) is 70.8 Å². The number of nitrogens with zero attached hydrogens (tertiary/aromatic N) is 6. The molecule has 45 heavy (non-hydrogen) atoms. The lowest BCUT2D eigenvalue weighted by atomic mass is 9.94. The predicted molar refractivity (Wildman–Crippen MR) is 176 cm³/mol. The first kappa shape index (κ1) is 31.1. The van der Waals surface area contributed by atoms with Gasteiger partial charge in [-0.05, 0) is 66.7 Å². The fourth-order valence-corrected chi connectivity index (χ4v) is 6.60. The molecule has 4 aromatic rings. The molecule has 14 heteroatoms. The van der Waals surface area contributed by atoms with E-state index in [1.165, 1.54) is 46.5 Å². The van der Waals surface area contributed by atoms with Crippen LogP contribution in [0.4, 0.5) is 18.9 Å². The molecule has 2 unspecified atom stereocenters. The molecule has 2 aliphatic heterocycles. The molecule has 232 valence electrons. The highest BCUT2D eigenvalue weighted by Gasteiger charge is 2.33. The largest absolute Gasteiger partial charge is 0.573 e. The van der Waals surface area contributed by atoms with E-state index in [1.807, 2.05) is 55.4 Å². The molecular formula is C31H27ClF3N7OS2. The van der Waals surface area contributed by atoms with Crippen LogP contribution in [0.2, 0.25) is 5.02 Å². The number of amidine groups is 1. The summed E-state index contributed by atoms with van der Waals surface area (Å²) in [5, 5.41) is 8.20. The van der Waals surface area contributed by atoms with Crippen molar-refractivity contribution in [3.63, 3.8) is 0 Å². The van der Waals surface area contributed by atoms with Crippen LogP contribution in [0.25, 0.3) is 17.1 Å². The summed E-state index contributed by atoms with van der Waals surface area (Å²) in [7, 11) is 1.91. The van der Waals surface area contributed by atoms with Gasteiger partial charge < -0.3 is 4.74 Å². The second-order valence-corrected chi connectivity index (χ2v) is 12.3. The van der Waals surface area contributed by atoms with Crippen LogP contribution in [0.1, 0.15) is 36.9 Å². The van der Waals surface area contributed by atoms with Gasteiger partial charge in [-0.1, -0.05) is 66.7 Å². The van der Waals surface area contributed by atoms with E-state index in [1.54, 1.807) is 11.8 Å². The number of benzene rings is 3. The minimum atomic E-state index is -4.75. The number of alkyl halides is 3. The van der Waals surface area contributed by atoms with E-state index in [4.69, 9.17) is 28.8 Å². The number of hydrogen-bond acceptors (Lipinski definition) is 6. The number of aliphatic imine (C=N–C) groups is 1. The molecule has 3 aromatic carbocycles. The first-order chi connectivity index (χ1) is 21.4. The van der Waals surface area contributed by atoms with Gasteiger partial charge in [0.15, 0.2) is 11.0 Å². The first-order valence-corrected chi connectivity index (χ1v) is 15.7. The van der Waals surface area contributed by atoms with Crippen molar-refractivity contribution in [2.45, 2.75) is 32.2 Å². The van der Waals surface area contributed by atoms with Crippen LogP contribution >= 0.6 is 35.6 Å². The van der Waals surface area contributed by atoms with Gasteiger partial charge in [0, 0.05) is 35.0 Å². The van der Waals surface area contributed by atoms with Gasteiger partial charge in [-0.15, -0.1) is 18.3 Å². The lowest BCUT2D eigenvalue weighted by Crippen LogP contribution is -2.40. The Morgan fingerprint density at radius 3 is 2.60 bits per heavy atom. The van der Waals surface area contributed by atoms with Crippen molar-refractivity contribution in [1.82, 2.24) is 25.2 Å². The van der Waals surface area contributed by atoms with Crippen molar-refractivity contribution >= 4 is 51.5 Å². The van der Waals surface area contributed by atoms with Gasteiger partial charge in [0.25, 0.3) is 0 Å². The number of thiocarbonyl (C=S) groups is 1. The Hall–Kier alpha value is -3.91. The van der Waals surface area contributed by atoms with Gasteiger partial charge in [-0.3, -0.25) is 10.3 Å². The number of thioether (sulfide) groups is 1. The fourth-order valence-electron chi connectivity index (χ4n) is 5.14. The monoisotopic (exact) mass is 669 g/mol. The molecule has 1 N–H and O–H groups in total. The highest BCUT2D eigenvalue weighted by atomic mass is 35.5. The third-order valence-corrected chi connectivity index (χ3v) is 8.91. The van der Waals surface area contributed by atoms with Crippen LogP contribution in [0.15, 0.2) is 89.8 Å². The number of nitrogens with one attached hydrogen (secondary N) is 1. The van der Waals surface area contributed by atoms with E-state index >= 15 is 0 Å². The zero-order chi connectivity index (χ0) is 31.9. The number of hydrogen-bond donors (Lipinski definition) is 1. The van der Waals surface area contributed by atoms with Crippen molar-refractivity contribution in [2.75, 3.05) is 17.7 Å². The van der Waals surface area contributed by atoms with Gasteiger partial charge in [-0.2, -0.15) is 4.99 Å². The molecule has 0 radical (unpaired) electrons. The molecule has 0 bridgehead atoms. The molecule has 2 atom stereocenters. The number of aromatic nitrogens is 3.